The average molecular weight is 557 g/mol. The molecule has 2 aromatic heterocycles. The summed E-state index contributed by atoms with van der Waals surface area (Å²) in [5.74, 6) is -0.0681. The summed E-state index contributed by atoms with van der Waals surface area (Å²) in [6.07, 6.45) is 4.11. The first-order chi connectivity index (χ1) is 19.5. The Morgan fingerprint density at radius 2 is 1.80 bits per heavy atom. The van der Waals surface area contributed by atoms with Crippen LogP contribution in [0, 0.1) is 18.2 Å². The summed E-state index contributed by atoms with van der Waals surface area (Å²) in [5.41, 5.74) is 3.62. The van der Waals surface area contributed by atoms with Crippen LogP contribution in [0.3, 0.4) is 0 Å². The smallest absolute Gasteiger partial charge is 0.245 e. The zero-order valence-corrected chi connectivity index (χ0v) is 23.5. The summed E-state index contributed by atoms with van der Waals surface area (Å²) in [5, 5.41) is 18.9. The lowest BCUT2D eigenvalue weighted by Crippen LogP contribution is -2.49. The Bertz CT molecular complexity index is 1630. The number of hydrogen-bond donors (Lipinski definition) is 2. The SMILES string of the molecule is Cc1ncc(-c2ccc3c(c2)c(C(C)O)nn3CC(=O)N2C3C[C@]3(C)C[C@H]2C(=O)N[C@@H](C)c2ccc(F)cc2)cn1. The molecule has 212 valence electrons. The molecule has 0 radical (unpaired) electrons. The summed E-state index contributed by atoms with van der Waals surface area (Å²) >= 11 is 0. The average Bonchev–Trinajstić information content (AvgIpc) is 3.30. The molecular formula is C31H33FN6O3. The van der Waals surface area contributed by atoms with E-state index in [4.69, 9.17) is 0 Å². The fourth-order valence-electron chi connectivity index (χ4n) is 6.07. The largest absolute Gasteiger partial charge is 0.387 e. The lowest BCUT2D eigenvalue weighted by Gasteiger charge is -2.28. The van der Waals surface area contributed by atoms with E-state index in [1.807, 2.05) is 32.0 Å². The van der Waals surface area contributed by atoms with Crippen molar-refractivity contribution in [3.63, 3.8) is 0 Å². The highest BCUT2D eigenvalue weighted by atomic mass is 19.1. The van der Waals surface area contributed by atoms with Gasteiger partial charge in [-0.15, -0.1) is 0 Å². The molecule has 1 saturated heterocycles. The second-order valence-corrected chi connectivity index (χ2v) is 11.6. The molecule has 0 bridgehead atoms. The third-order valence-electron chi connectivity index (χ3n) is 8.53. The predicted molar refractivity (Wildman–Crippen MR) is 151 cm³/mol. The Hall–Kier alpha value is -4.18. The van der Waals surface area contributed by atoms with Crippen LogP contribution in [-0.2, 0) is 16.1 Å². The molecule has 1 aliphatic heterocycles. The fourth-order valence-corrected chi connectivity index (χ4v) is 6.07. The van der Waals surface area contributed by atoms with Gasteiger partial charge < -0.3 is 15.3 Å². The van der Waals surface area contributed by atoms with E-state index in [9.17, 15) is 19.1 Å². The molecule has 2 aliphatic rings. The van der Waals surface area contributed by atoms with Crippen molar-refractivity contribution in [2.24, 2.45) is 5.41 Å². The number of aliphatic hydroxyl groups is 1. The quantitative estimate of drug-likeness (QED) is 0.352. The molecule has 2 aromatic carbocycles. The maximum Gasteiger partial charge on any atom is 0.245 e. The molecule has 41 heavy (non-hydrogen) atoms. The number of hydrogen-bond acceptors (Lipinski definition) is 6. The number of aliphatic hydroxyl groups excluding tert-OH is 1. The summed E-state index contributed by atoms with van der Waals surface area (Å²) < 4.78 is 15.0. The number of rotatable bonds is 7. The highest BCUT2D eigenvalue weighted by Crippen LogP contribution is 2.59. The molecule has 0 spiro atoms. The topological polar surface area (TPSA) is 113 Å². The van der Waals surface area contributed by atoms with Crippen molar-refractivity contribution in [2.75, 3.05) is 0 Å². The number of carbonyl (C=O) groups is 2. The molecule has 5 atom stereocenters. The number of fused-ring (bicyclic) bond motifs is 2. The van der Waals surface area contributed by atoms with E-state index in [2.05, 4.69) is 27.3 Å². The fraction of sp³-hybridized carbons (Fsp3) is 0.387. The van der Waals surface area contributed by atoms with Gasteiger partial charge in [0.2, 0.25) is 11.8 Å². The predicted octanol–water partition coefficient (Wildman–Crippen LogP) is 4.25. The standard InChI is InChI=1S/C31H33FN6O3/c1-17(20-5-8-23(32)9-6-20)35-30(41)26-12-31(4)13-27(31)38(26)28(40)16-37-25-10-7-21(22-14-33-19(3)34-15-22)11-24(25)29(36-37)18(2)39/h5-11,14-15,17-18,26-27,39H,12-13,16H2,1-4H3,(H,35,41)/t17-,18?,26-,27?,31-/m0/s1. The first kappa shape index (κ1) is 27.0. The molecule has 2 unspecified atom stereocenters. The molecule has 3 heterocycles. The Morgan fingerprint density at radius 3 is 2.49 bits per heavy atom. The second kappa shape index (κ2) is 10.0. The van der Waals surface area contributed by atoms with E-state index in [0.29, 0.717) is 17.9 Å². The van der Waals surface area contributed by atoms with Crippen molar-refractivity contribution in [3.8, 4) is 11.1 Å². The molecule has 1 saturated carbocycles. The zero-order chi connectivity index (χ0) is 29.1. The summed E-state index contributed by atoms with van der Waals surface area (Å²) in [6, 6.07) is 10.8. The van der Waals surface area contributed by atoms with Crippen molar-refractivity contribution in [1.82, 2.24) is 30.0 Å². The van der Waals surface area contributed by atoms with E-state index >= 15 is 0 Å². The Balaban J connectivity index is 1.25. The van der Waals surface area contributed by atoms with E-state index in [0.717, 1.165) is 34.0 Å². The van der Waals surface area contributed by atoms with Crippen molar-refractivity contribution in [3.05, 3.63) is 77.8 Å². The van der Waals surface area contributed by atoms with E-state index in [1.165, 1.54) is 12.1 Å². The van der Waals surface area contributed by atoms with Gasteiger partial charge in [-0.1, -0.05) is 25.1 Å². The van der Waals surface area contributed by atoms with Crippen LogP contribution in [-0.4, -0.2) is 53.7 Å². The maximum atomic E-state index is 13.8. The first-order valence-electron chi connectivity index (χ1n) is 13.9. The number of carbonyl (C=O) groups excluding carboxylic acids is 2. The van der Waals surface area contributed by atoms with Crippen LogP contribution in [0.25, 0.3) is 22.0 Å². The van der Waals surface area contributed by atoms with Gasteiger partial charge in [-0.25, -0.2) is 14.4 Å². The zero-order valence-electron chi connectivity index (χ0n) is 23.5. The highest BCUT2D eigenvalue weighted by molar-refractivity contribution is 5.91. The van der Waals surface area contributed by atoms with Crippen LogP contribution in [0.4, 0.5) is 4.39 Å². The minimum Gasteiger partial charge on any atom is -0.387 e. The Morgan fingerprint density at radius 1 is 1.10 bits per heavy atom. The van der Waals surface area contributed by atoms with Crippen molar-refractivity contribution >= 4 is 22.7 Å². The van der Waals surface area contributed by atoms with Crippen molar-refractivity contribution in [1.29, 1.82) is 0 Å². The van der Waals surface area contributed by atoms with Crippen LogP contribution in [0.15, 0.2) is 54.9 Å². The number of likely N-dealkylation sites (tertiary alicyclic amines) is 1. The van der Waals surface area contributed by atoms with Gasteiger partial charge in [-0.2, -0.15) is 5.10 Å². The molecule has 2 N–H and O–H groups in total. The van der Waals surface area contributed by atoms with Crippen molar-refractivity contribution < 1.29 is 19.1 Å². The molecule has 4 aromatic rings. The van der Waals surface area contributed by atoms with Gasteiger partial charge in [0.25, 0.3) is 0 Å². The molecule has 10 heteroatoms. The van der Waals surface area contributed by atoms with Gasteiger partial charge in [0.1, 0.15) is 24.2 Å². The third kappa shape index (κ3) is 4.97. The van der Waals surface area contributed by atoms with E-state index in [1.54, 1.807) is 41.0 Å². The van der Waals surface area contributed by atoms with E-state index in [-0.39, 0.29) is 41.7 Å². The van der Waals surface area contributed by atoms with Crippen LogP contribution in [0.1, 0.15) is 62.8 Å². The Kier molecular flexibility index (Phi) is 6.60. The number of halogens is 1. The number of benzene rings is 2. The number of nitrogens with one attached hydrogen (secondary N) is 1. The minimum absolute atomic E-state index is 0.00178. The summed E-state index contributed by atoms with van der Waals surface area (Å²) in [6.45, 7) is 7.37. The van der Waals surface area contributed by atoms with Gasteiger partial charge in [-0.3, -0.25) is 14.3 Å². The normalized spacial score (nSPS) is 22.8. The number of nitrogens with zero attached hydrogens (tertiary/aromatic N) is 5. The number of amides is 2. The van der Waals surface area contributed by atoms with Gasteiger partial charge in [0.15, 0.2) is 0 Å². The van der Waals surface area contributed by atoms with E-state index < -0.39 is 12.1 Å². The second-order valence-electron chi connectivity index (χ2n) is 11.6. The molecule has 1 aliphatic carbocycles. The van der Waals surface area contributed by atoms with Crippen LogP contribution in [0.2, 0.25) is 0 Å². The minimum atomic E-state index is -0.844. The molecule has 6 rings (SSSR count). The monoisotopic (exact) mass is 556 g/mol. The number of aryl methyl sites for hydroxylation is 1. The van der Waals surface area contributed by atoms with Gasteiger partial charge >= 0.3 is 0 Å². The molecule has 2 fully saturated rings. The Labute approximate surface area is 237 Å². The van der Waals surface area contributed by atoms with Crippen LogP contribution < -0.4 is 5.32 Å². The summed E-state index contributed by atoms with van der Waals surface area (Å²) in [4.78, 5) is 37.5. The van der Waals surface area contributed by atoms with Gasteiger partial charge in [-0.05, 0) is 74.4 Å². The lowest BCUT2D eigenvalue weighted by molar-refractivity contribution is -0.140. The van der Waals surface area contributed by atoms with Gasteiger partial charge in [0, 0.05) is 29.4 Å². The number of aromatic nitrogens is 4. The van der Waals surface area contributed by atoms with Gasteiger partial charge in [0.05, 0.1) is 23.4 Å². The molecular weight excluding hydrogens is 523 g/mol. The molecule has 9 nitrogen and oxygen atoms in total. The lowest BCUT2D eigenvalue weighted by atomic mass is 10.0. The number of piperidine rings is 1. The first-order valence-corrected chi connectivity index (χ1v) is 13.9. The highest BCUT2D eigenvalue weighted by Gasteiger charge is 2.64. The van der Waals surface area contributed by atoms with Crippen LogP contribution >= 0.6 is 0 Å². The van der Waals surface area contributed by atoms with Crippen LogP contribution in [0.5, 0.6) is 0 Å². The molecule has 2 amide bonds. The third-order valence-corrected chi connectivity index (χ3v) is 8.53. The summed E-state index contributed by atoms with van der Waals surface area (Å²) in [7, 11) is 0. The van der Waals surface area contributed by atoms with Crippen molar-refractivity contribution in [2.45, 2.75) is 71.3 Å². The maximum absolute atomic E-state index is 13.8.